The summed E-state index contributed by atoms with van der Waals surface area (Å²) in [6.07, 6.45) is 1.66. The Morgan fingerprint density at radius 3 is 1.93 bits per heavy atom. The smallest absolute Gasteiger partial charge is 0.274 e. The average Bonchev–Trinajstić information content (AvgIpc) is 3.58. The quantitative estimate of drug-likeness (QED) is 0.0905. The van der Waals surface area contributed by atoms with E-state index >= 15 is 0 Å². The van der Waals surface area contributed by atoms with Crippen LogP contribution in [0.25, 0.3) is 0 Å². The van der Waals surface area contributed by atoms with Gasteiger partial charge in [0, 0.05) is 59.2 Å². The molecule has 9 rings (SSSR count). The molecule has 3 aliphatic rings. The van der Waals surface area contributed by atoms with Gasteiger partial charge in [0.25, 0.3) is 11.8 Å². The van der Waals surface area contributed by atoms with E-state index in [4.69, 9.17) is 39.3 Å². The number of morpholine rings is 1. The van der Waals surface area contributed by atoms with E-state index in [9.17, 15) is 9.59 Å². The minimum Gasteiger partial charge on any atom is -0.488 e. The Hall–Kier alpha value is -7.23. The van der Waals surface area contributed by atoms with Crippen LogP contribution in [0.3, 0.4) is 0 Å². The lowest BCUT2D eigenvalue weighted by atomic mass is 9.99. The van der Waals surface area contributed by atoms with Gasteiger partial charge < -0.3 is 18.9 Å². The fourth-order valence-corrected chi connectivity index (χ4v) is 6.67. The van der Waals surface area contributed by atoms with Gasteiger partial charge in [0.2, 0.25) is 5.88 Å². The highest BCUT2D eigenvalue weighted by molar-refractivity contribution is 6.17. The van der Waals surface area contributed by atoms with Crippen molar-refractivity contribution in [3.05, 3.63) is 167 Å². The van der Waals surface area contributed by atoms with Crippen LogP contribution in [0, 0.1) is 0 Å². The number of nitrogens with one attached hydrogen (secondary N) is 2. The summed E-state index contributed by atoms with van der Waals surface area (Å²) in [6, 6.07) is 38.3. The number of amides is 2. The predicted octanol–water partition coefficient (Wildman–Crippen LogP) is 7.27. The number of carbonyl (C=O) groups excluding carboxylic acids is 2. The Bertz CT molecular complexity index is 2540. The SMILES string of the molecule is O=C(NO)c1ccc(C2=Nc3ccccc3Oc3c(OCCN4CCOCC4)cccc32)cc1.O=C(NO)c1ccc(C2=Nc3cccnc3Oc3ccccc32)cc1. The van der Waals surface area contributed by atoms with Gasteiger partial charge in [-0.25, -0.2) is 25.9 Å². The number of rotatable bonds is 8. The van der Waals surface area contributed by atoms with Crippen molar-refractivity contribution in [3.8, 4) is 28.9 Å². The van der Waals surface area contributed by atoms with Gasteiger partial charge in [-0.05, 0) is 72.8 Å². The van der Waals surface area contributed by atoms with E-state index in [1.807, 2.05) is 72.8 Å². The van der Waals surface area contributed by atoms with Gasteiger partial charge >= 0.3 is 0 Å². The summed E-state index contributed by atoms with van der Waals surface area (Å²) >= 11 is 0. The molecule has 0 bridgehead atoms. The van der Waals surface area contributed by atoms with Crippen molar-refractivity contribution in [3.63, 3.8) is 0 Å². The van der Waals surface area contributed by atoms with E-state index in [0.717, 1.165) is 60.8 Å². The van der Waals surface area contributed by atoms with Gasteiger partial charge in [-0.1, -0.05) is 54.6 Å². The zero-order valence-electron chi connectivity index (χ0n) is 31.6. The van der Waals surface area contributed by atoms with Crippen molar-refractivity contribution >= 4 is 34.6 Å². The molecule has 4 heterocycles. The first-order valence-electron chi connectivity index (χ1n) is 18.8. The van der Waals surface area contributed by atoms with Crippen LogP contribution >= 0.6 is 0 Å². The first kappa shape index (κ1) is 38.6. The number of ether oxygens (including phenoxy) is 4. The van der Waals surface area contributed by atoms with Crippen LogP contribution in [-0.4, -0.2) is 83.0 Å². The number of hydrogen-bond donors (Lipinski definition) is 4. The highest BCUT2D eigenvalue weighted by Gasteiger charge is 2.24. The standard InChI is InChI=1S/C26H25N3O5.C19H13N3O3/c30-26(28-31)19-10-8-18(9-11-19)24-20-4-3-7-23(33-17-14-29-12-15-32-16-13-29)25(20)34-22-6-2-1-5-21(22)27-24;23-18(22-24)13-9-7-12(8-10-13)17-14-4-1-2-6-16(14)25-19-15(21-17)5-3-11-20-19/h1-11,31H,12-17H2,(H,28,30);1-11,24H,(H,22,23). The lowest BCUT2D eigenvalue weighted by Crippen LogP contribution is -2.38. The zero-order valence-corrected chi connectivity index (χ0v) is 31.6. The van der Waals surface area contributed by atoms with Crippen LogP contribution in [0.15, 0.2) is 144 Å². The van der Waals surface area contributed by atoms with Crippen LogP contribution in [-0.2, 0) is 4.74 Å². The summed E-state index contributed by atoms with van der Waals surface area (Å²) in [5, 5.41) is 17.6. The molecule has 1 saturated heterocycles. The lowest BCUT2D eigenvalue weighted by molar-refractivity contribution is 0.0321. The molecule has 0 saturated carbocycles. The zero-order chi connectivity index (χ0) is 40.6. The fraction of sp³-hybridized carbons (Fsp3) is 0.133. The van der Waals surface area contributed by atoms with E-state index in [1.165, 1.54) is 0 Å². The summed E-state index contributed by atoms with van der Waals surface area (Å²) in [5.74, 6) is 1.86. The third-order valence-corrected chi connectivity index (χ3v) is 9.69. The Balaban J connectivity index is 0.000000172. The predicted molar refractivity (Wildman–Crippen MR) is 218 cm³/mol. The maximum absolute atomic E-state index is 11.7. The maximum atomic E-state index is 11.7. The largest absolute Gasteiger partial charge is 0.488 e. The molecule has 14 heteroatoms. The first-order valence-corrected chi connectivity index (χ1v) is 18.8. The molecule has 5 aromatic carbocycles. The second-order valence-corrected chi connectivity index (χ2v) is 13.4. The van der Waals surface area contributed by atoms with Gasteiger partial charge in [-0.3, -0.25) is 24.9 Å². The molecule has 0 unspecified atom stereocenters. The molecular formula is C45H38N6O8. The van der Waals surface area contributed by atoms with Crippen molar-refractivity contribution in [1.82, 2.24) is 20.8 Å². The highest BCUT2D eigenvalue weighted by atomic mass is 16.5. The number of fused-ring (bicyclic) bond motifs is 4. The van der Waals surface area contributed by atoms with Crippen molar-refractivity contribution in [1.29, 1.82) is 0 Å². The molecule has 59 heavy (non-hydrogen) atoms. The van der Waals surface area contributed by atoms with E-state index in [1.54, 1.807) is 71.8 Å². The van der Waals surface area contributed by atoms with Crippen LogP contribution in [0.2, 0.25) is 0 Å². The molecule has 14 nitrogen and oxygen atoms in total. The third kappa shape index (κ3) is 8.71. The van der Waals surface area contributed by atoms with E-state index in [-0.39, 0.29) is 0 Å². The van der Waals surface area contributed by atoms with Crippen LogP contribution in [0.1, 0.15) is 43.0 Å². The molecule has 0 spiro atoms. The number of nitrogens with zero attached hydrogens (tertiary/aromatic N) is 4. The molecule has 0 aliphatic carbocycles. The van der Waals surface area contributed by atoms with Crippen molar-refractivity contribution in [2.45, 2.75) is 0 Å². The van der Waals surface area contributed by atoms with Crippen molar-refractivity contribution in [2.75, 3.05) is 39.5 Å². The Kier molecular flexibility index (Phi) is 11.7. The minimum absolute atomic E-state index is 0.345. The Morgan fingerprint density at radius 2 is 1.24 bits per heavy atom. The summed E-state index contributed by atoms with van der Waals surface area (Å²) in [6.45, 7) is 4.64. The topological polar surface area (TPSA) is 176 Å². The lowest BCUT2D eigenvalue weighted by Gasteiger charge is -2.26. The number of benzene rings is 5. The molecule has 4 N–H and O–H groups in total. The molecule has 3 aliphatic heterocycles. The monoisotopic (exact) mass is 790 g/mol. The van der Waals surface area contributed by atoms with Crippen LogP contribution < -0.4 is 25.2 Å². The molecule has 2 amide bonds. The van der Waals surface area contributed by atoms with E-state index < -0.39 is 11.8 Å². The van der Waals surface area contributed by atoms with Gasteiger partial charge in [0.05, 0.1) is 24.6 Å². The van der Waals surface area contributed by atoms with Crippen LogP contribution in [0.4, 0.5) is 11.4 Å². The van der Waals surface area contributed by atoms with Gasteiger partial charge in [-0.2, -0.15) is 0 Å². The maximum Gasteiger partial charge on any atom is 0.274 e. The van der Waals surface area contributed by atoms with E-state index in [0.29, 0.717) is 63.7 Å². The van der Waals surface area contributed by atoms with Gasteiger partial charge in [0.1, 0.15) is 23.7 Å². The number of para-hydroxylation sites is 4. The highest BCUT2D eigenvalue weighted by Crippen LogP contribution is 2.43. The summed E-state index contributed by atoms with van der Waals surface area (Å²) in [7, 11) is 0. The first-order chi connectivity index (χ1) is 29.0. The number of pyridine rings is 1. The van der Waals surface area contributed by atoms with Gasteiger partial charge in [-0.15, -0.1) is 0 Å². The Morgan fingerprint density at radius 1 is 0.644 bits per heavy atom. The number of aliphatic imine (C=N–C) groups is 2. The van der Waals surface area contributed by atoms with E-state index in [2.05, 4.69) is 9.88 Å². The number of aromatic nitrogens is 1. The fourth-order valence-electron chi connectivity index (χ4n) is 6.67. The number of hydroxylamine groups is 2. The second kappa shape index (κ2) is 17.9. The third-order valence-electron chi connectivity index (χ3n) is 9.69. The normalized spacial score (nSPS) is 13.9. The molecule has 1 fully saturated rings. The molecule has 296 valence electrons. The number of carbonyl (C=O) groups is 2. The summed E-state index contributed by atoms with van der Waals surface area (Å²) in [4.78, 5) is 39.4. The molecular weight excluding hydrogens is 753 g/mol. The minimum atomic E-state index is -0.570. The summed E-state index contributed by atoms with van der Waals surface area (Å²) in [5.41, 5.74) is 9.98. The summed E-state index contributed by atoms with van der Waals surface area (Å²) < 4.78 is 23.8. The van der Waals surface area contributed by atoms with Gasteiger partial charge in [0.15, 0.2) is 17.2 Å². The molecule has 0 atom stereocenters. The Labute approximate surface area is 338 Å². The molecule has 0 radical (unpaired) electrons. The van der Waals surface area contributed by atoms with Crippen LogP contribution in [0.5, 0.6) is 28.9 Å². The molecule has 1 aromatic heterocycles. The van der Waals surface area contributed by atoms with Crippen molar-refractivity contribution < 1.29 is 39.0 Å². The second-order valence-electron chi connectivity index (χ2n) is 13.4. The van der Waals surface area contributed by atoms with Crippen molar-refractivity contribution in [2.24, 2.45) is 9.98 Å². The average molecular weight is 791 g/mol. The molecule has 6 aromatic rings. The number of hydrogen-bond acceptors (Lipinski definition) is 12.